The number of aldehydes is 1. The van der Waals surface area contributed by atoms with E-state index in [1.807, 2.05) is 48.5 Å². The normalized spacial score (nSPS) is 15.2. The maximum atomic E-state index is 14.5. The molecule has 2 heterocycles. The highest BCUT2D eigenvalue weighted by Gasteiger charge is 2.36. The second-order valence-electron chi connectivity index (χ2n) is 20.7. The van der Waals surface area contributed by atoms with E-state index in [0.717, 1.165) is 0 Å². The summed E-state index contributed by atoms with van der Waals surface area (Å²) in [6, 6.07) is -10.7. The van der Waals surface area contributed by atoms with E-state index in [1.54, 1.807) is 6.92 Å². The van der Waals surface area contributed by atoms with Crippen molar-refractivity contribution in [3.05, 3.63) is 36.4 Å². The quantitative estimate of drug-likeness (QED) is 0.0150. The van der Waals surface area contributed by atoms with E-state index in [0.29, 0.717) is 24.1 Å². The number of H-pyrrole nitrogens is 2. The van der Waals surface area contributed by atoms with Crippen molar-refractivity contribution in [2.24, 2.45) is 51.6 Å². The van der Waals surface area contributed by atoms with Gasteiger partial charge in [-0.05, 0) is 69.1 Å². The maximum Gasteiger partial charge on any atom is 0.243 e. The van der Waals surface area contributed by atoms with Crippen molar-refractivity contribution in [3.8, 4) is 0 Å². The molecule has 77 heavy (non-hydrogen) atoms. The molecule has 0 saturated carbocycles. The highest BCUT2D eigenvalue weighted by atomic mass is 16.2. The number of imidazole rings is 2. The first kappa shape index (κ1) is 65.7. The lowest BCUT2D eigenvalue weighted by molar-refractivity contribution is -0.136. The molecule has 0 bridgehead atoms. The number of nitrogens with one attached hydrogen (secondary N) is 10. The number of aliphatic imine (C=N–C) groups is 1. The minimum Gasteiger partial charge on any atom is -0.370 e. The Bertz CT molecular complexity index is 2250. The van der Waals surface area contributed by atoms with Crippen LogP contribution in [0.1, 0.15) is 125 Å². The number of nitrogens with two attached hydrogens (primary N) is 4. The van der Waals surface area contributed by atoms with Crippen LogP contribution in [0.4, 0.5) is 0 Å². The molecule has 2 aromatic rings. The summed E-state index contributed by atoms with van der Waals surface area (Å²) >= 11 is 0. The minimum absolute atomic E-state index is 0.0494. The highest BCUT2D eigenvalue weighted by Crippen LogP contribution is 2.14. The Morgan fingerprint density at radius 1 is 0.571 bits per heavy atom. The summed E-state index contributed by atoms with van der Waals surface area (Å²) in [5.41, 5.74) is 23.5. The zero-order valence-corrected chi connectivity index (χ0v) is 45.9. The number of primary amides is 1. The van der Waals surface area contributed by atoms with Crippen LogP contribution in [-0.4, -0.2) is 146 Å². The lowest BCUT2D eigenvalue weighted by Gasteiger charge is -2.30. The molecule has 0 aromatic carbocycles. The summed E-state index contributed by atoms with van der Waals surface area (Å²) in [6.45, 7) is 16.0. The van der Waals surface area contributed by atoms with Crippen molar-refractivity contribution in [1.82, 2.24) is 62.5 Å². The molecule has 0 aliphatic heterocycles. The topological polar surface area (TPSA) is 441 Å². The van der Waals surface area contributed by atoms with E-state index in [-0.39, 0.29) is 88.0 Å². The third-order valence-corrected chi connectivity index (χ3v) is 12.3. The van der Waals surface area contributed by atoms with Crippen LogP contribution in [-0.2, 0) is 60.8 Å². The average Bonchev–Trinajstić information content (AvgIpc) is 4.08. The van der Waals surface area contributed by atoms with E-state index in [4.69, 9.17) is 22.9 Å². The fourth-order valence-electron chi connectivity index (χ4n) is 7.90. The highest BCUT2D eigenvalue weighted by molar-refractivity contribution is 5.98. The predicted molar refractivity (Wildman–Crippen MR) is 286 cm³/mol. The number of carbonyl (C=O) groups is 10. The molecule has 0 fully saturated rings. The Labute approximate surface area is 450 Å². The predicted octanol–water partition coefficient (Wildman–Crippen LogP) is -2.15. The molecule has 10 atom stereocenters. The van der Waals surface area contributed by atoms with Gasteiger partial charge < -0.3 is 80.2 Å². The summed E-state index contributed by atoms with van der Waals surface area (Å²) in [4.78, 5) is 152. The second-order valence-corrected chi connectivity index (χ2v) is 20.7. The molecule has 0 saturated heterocycles. The first-order chi connectivity index (χ1) is 36.2. The molecule has 2 aromatic heterocycles. The molecule has 0 radical (unpaired) electrons. The van der Waals surface area contributed by atoms with Gasteiger partial charge in [-0.25, -0.2) is 9.97 Å². The van der Waals surface area contributed by atoms with E-state index in [1.165, 1.54) is 32.0 Å². The SMILES string of the molecule is CC[C@H](C)[C@H](NC(=O)[C@H](C)NC(=O)[C@@H](N)Cc1cnc[nH]1)C(=O)N[C@@H](CC(C)C)C(=O)N[C@@H](Cc1cnc[nH]1)C(=O)N[C@@H](CCCN=C(N)N)C(=O)N[C@@H](CC(C)C)C(=O)N[C@@H](CC(C)C)C(=O)N[C@H](C=O)CCC(N)=O. The molecule has 27 nitrogen and oxygen atoms in total. The smallest absolute Gasteiger partial charge is 0.243 e. The number of amides is 9. The molecule has 27 heteroatoms. The van der Waals surface area contributed by atoms with Crippen molar-refractivity contribution in [2.75, 3.05) is 6.54 Å². The van der Waals surface area contributed by atoms with Crippen LogP contribution in [0.5, 0.6) is 0 Å². The first-order valence-corrected chi connectivity index (χ1v) is 26.2. The average molecular weight is 1080 g/mol. The minimum atomic E-state index is -1.39. The molecule has 0 unspecified atom stereocenters. The molecule has 18 N–H and O–H groups in total. The number of aromatic amines is 2. The van der Waals surface area contributed by atoms with Gasteiger partial charge >= 0.3 is 0 Å². The summed E-state index contributed by atoms with van der Waals surface area (Å²) in [6.07, 6.45) is 6.91. The van der Waals surface area contributed by atoms with Crippen molar-refractivity contribution in [1.29, 1.82) is 0 Å². The van der Waals surface area contributed by atoms with Gasteiger partial charge in [-0.1, -0.05) is 61.8 Å². The van der Waals surface area contributed by atoms with Gasteiger partial charge in [0, 0.05) is 49.6 Å². The summed E-state index contributed by atoms with van der Waals surface area (Å²) in [7, 11) is 0. The van der Waals surface area contributed by atoms with Crippen molar-refractivity contribution < 1.29 is 47.9 Å². The van der Waals surface area contributed by atoms with Crippen LogP contribution in [0.2, 0.25) is 0 Å². The van der Waals surface area contributed by atoms with E-state index in [9.17, 15) is 47.9 Å². The Kier molecular flexibility index (Phi) is 28.6. The van der Waals surface area contributed by atoms with Crippen LogP contribution < -0.4 is 65.5 Å². The van der Waals surface area contributed by atoms with Gasteiger partial charge in [0.25, 0.3) is 0 Å². The lowest BCUT2D eigenvalue weighted by atomic mass is 9.96. The van der Waals surface area contributed by atoms with Gasteiger partial charge in [-0.3, -0.25) is 48.1 Å². The number of aromatic nitrogens is 4. The van der Waals surface area contributed by atoms with E-state index >= 15 is 0 Å². The number of guanidine groups is 1. The fraction of sp³-hybridized carbons (Fsp3) is 0.660. The van der Waals surface area contributed by atoms with Crippen molar-refractivity contribution >= 4 is 65.4 Å². The largest absolute Gasteiger partial charge is 0.370 e. The number of rotatable bonds is 36. The molecule has 2 rings (SSSR count). The Morgan fingerprint density at radius 3 is 1.48 bits per heavy atom. The Morgan fingerprint density at radius 2 is 1.03 bits per heavy atom. The van der Waals surface area contributed by atoms with E-state index < -0.39 is 113 Å². The van der Waals surface area contributed by atoms with Crippen LogP contribution in [0.15, 0.2) is 30.0 Å². The zero-order valence-electron chi connectivity index (χ0n) is 45.9. The molecular formula is C50H85N17O10. The van der Waals surface area contributed by atoms with Crippen molar-refractivity contribution in [2.45, 2.75) is 181 Å². The van der Waals surface area contributed by atoms with Gasteiger partial charge in [-0.2, -0.15) is 0 Å². The monoisotopic (exact) mass is 1080 g/mol. The maximum absolute atomic E-state index is 14.5. The number of hydrogen-bond donors (Lipinski definition) is 14. The summed E-state index contributed by atoms with van der Waals surface area (Å²) in [5.74, 6) is -7.54. The van der Waals surface area contributed by atoms with Gasteiger partial charge in [0.15, 0.2) is 5.96 Å². The van der Waals surface area contributed by atoms with Crippen LogP contribution in [0.25, 0.3) is 0 Å². The fourth-order valence-corrected chi connectivity index (χ4v) is 7.90. The molecular weight excluding hydrogens is 999 g/mol. The van der Waals surface area contributed by atoms with Gasteiger partial charge in [0.2, 0.25) is 53.2 Å². The Hall–Kier alpha value is -7.45. The van der Waals surface area contributed by atoms with Crippen LogP contribution in [0, 0.1) is 23.7 Å². The first-order valence-electron chi connectivity index (χ1n) is 26.2. The summed E-state index contributed by atoms with van der Waals surface area (Å²) < 4.78 is 0. The molecule has 0 spiro atoms. The molecule has 0 aliphatic rings. The third kappa shape index (κ3) is 24.8. The van der Waals surface area contributed by atoms with Crippen LogP contribution >= 0.6 is 0 Å². The Balaban J connectivity index is 2.43. The second kappa shape index (κ2) is 33.6. The lowest BCUT2D eigenvalue weighted by Crippen LogP contribution is -2.61. The standard InChI is InChI=1S/C50H85N17O10/c1-10-29(8)41(67-42(70)30(9)60-43(71)34(51)19-32-21-55-24-58-32)49(77)66-38(18-28(6)7)47(75)65-39(20-33-22-56-25-59-33)48(76)62-35(12-11-15-57-50(53)54)44(72)63-37(17-27(4)5)46(74)64-36(16-26(2)3)45(73)61-31(23-68)13-14-40(52)69/h21-31,34-39,41H,10-20,51H2,1-9H3,(H2,52,69)(H,55,58)(H,56,59)(H,60,71)(H,61,73)(H,62,76)(H,63,72)(H,64,74)(H,65,75)(H,66,77)(H,67,70)(H4,53,54,57)/t29-,30-,31-,34-,35-,36-,37-,38-,39-,41-/m0/s1. The molecule has 430 valence electrons. The summed E-state index contributed by atoms with van der Waals surface area (Å²) in [5, 5.41) is 21.5. The number of carbonyl (C=O) groups excluding carboxylic acids is 10. The number of nitrogens with zero attached hydrogens (tertiary/aromatic N) is 3. The van der Waals surface area contributed by atoms with Gasteiger partial charge in [-0.15, -0.1) is 0 Å². The van der Waals surface area contributed by atoms with Gasteiger partial charge in [0.1, 0.15) is 48.6 Å². The number of hydrogen-bond acceptors (Lipinski definition) is 14. The zero-order chi connectivity index (χ0) is 57.9. The van der Waals surface area contributed by atoms with Crippen molar-refractivity contribution in [3.63, 3.8) is 0 Å². The van der Waals surface area contributed by atoms with E-state index in [2.05, 4.69) is 67.5 Å². The van der Waals surface area contributed by atoms with Gasteiger partial charge in [0.05, 0.1) is 24.7 Å². The third-order valence-electron chi connectivity index (χ3n) is 12.3. The van der Waals surface area contributed by atoms with Crippen LogP contribution in [0.3, 0.4) is 0 Å². The molecule has 0 aliphatic carbocycles. The molecule has 9 amide bonds.